The summed E-state index contributed by atoms with van der Waals surface area (Å²) in [4.78, 5) is 6.29. The Kier molecular flexibility index (Phi) is 5.29. The molecule has 1 heterocycles. The molecule has 1 aromatic heterocycles. The molecule has 0 aromatic carbocycles. The molecule has 2 N–H and O–H groups in total. The zero-order chi connectivity index (χ0) is 11.1. The van der Waals surface area contributed by atoms with E-state index in [1.54, 1.807) is 0 Å². The summed E-state index contributed by atoms with van der Waals surface area (Å²) in [5.74, 6) is 0. The standard InChI is InChI=1S/C12H21N3/c1-3-12(13)10-15(2)9-6-11-4-7-14-8-5-11/h4-5,7-8,12H,3,6,9-10,13H2,1-2H3. The number of hydrogen-bond donors (Lipinski definition) is 1. The number of pyridine rings is 1. The first-order valence-electron chi connectivity index (χ1n) is 5.55. The van der Waals surface area contributed by atoms with E-state index >= 15 is 0 Å². The monoisotopic (exact) mass is 207 g/mol. The molecule has 0 fully saturated rings. The van der Waals surface area contributed by atoms with E-state index in [0.29, 0.717) is 6.04 Å². The summed E-state index contributed by atoms with van der Waals surface area (Å²) in [6, 6.07) is 4.42. The minimum absolute atomic E-state index is 0.299. The molecule has 0 spiro atoms. The molecule has 1 rings (SSSR count). The zero-order valence-electron chi connectivity index (χ0n) is 9.69. The minimum Gasteiger partial charge on any atom is -0.327 e. The van der Waals surface area contributed by atoms with Crippen molar-refractivity contribution in [3.8, 4) is 0 Å². The fourth-order valence-corrected chi connectivity index (χ4v) is 1.49. The van der Waals surface area contributed by atoms with E-state index in [0.717, 1.165) is 25.9 Å². The van der Waals surface area contributed by atoms with Crippen molar-refractivity contribution >= 4 is 0 Å². The second-order valence-electron chi connectivity index (χ2n) is 4.04. The molecule has 0 saturated carbocycles. The predicted molar refractivity (Wildman–Crippen MR) is 63.7 cm³/mol. The molecule has 3 heteroatoms. The number of hydrogen-bond acceptors (Lipinski definition) is 3. The van der Waals surface area contributed by atoms with Crippen LogP contribution in [0.4, 0.5) is 0 Å². The summed E-state index contributed by atoms with van der Waals surface area (Å²) in [5, 5.41) is 0. The molecule has 0 aliphatic rings. The molecule has 0 aliphatic heterocycles. The van der Waals surface area contributed by atoms with E-state index in [1.165, 1.54) is 5.56 Å². The Morgan fingerprint density at radius 1 is 1.40 bits per heavy atom. The minimum atomic E-state index is 0.299. The molecule has 0 aliphatic carbocycles. The van der Waals surface area contributed by atoms with Gasteiger partial charge in [-0.15, -0.1) is 0 Å². The lowest BCUT2D eigenvalue weighted by atomic mass is 10.2. The highest BCUT2D eigenvalue weighted by atomic mass is 15.1. The maximum Gasteiger partial charge on any atom is 0.0270 e. The molecule has 0 saturated heterocycles. The van der Waals surface area contributed by atoms with Gasteiger partial charge >= 0.3 is 0 Å². The topological polar surface area (TPSA) is 42.1 Å². The van der Waals surface area contributed by atoms with Crippen LogP contribution < -0.4 is 5.73 Å². The van der Waals surface area contributed by atoms with Gasteiger partial charge in [0.15, 0.2) is 0 Å². The second-order valence-corrected chi connectivity index (χ2v) is 4.04. The summed E-state index contributed by atoms with van der Waals surface area (Å²) in [6.07, 6.45) is 5.79. The van der Waals surface area contributed by atoms with E-state index in [-0.39, 0.29) is 0 Å². The smallest absolute Gasteiger partial charge is 0.0270 e. The van der Waals surface area contributed by atoms with Gasteiger partial charge in [0, 0.05) is 31.5 Å². The fourth-order valence-electron chi connectivity index (χ4n) is 1.49. The lowest BCUT2D eigenvalue weighted by Gasteiger charge is -2.20. The van der Waals surface area contributed by atoms with Gasteiger partial charge in [0.25, 0.3) is 0 Å². The summed E-state index contributed by atoms with van der Waals surface area (Å²) in [7, 11) is 2.12. The van der Waals surface area contributed by atoms with Crippen molar-refractivity contribution in [3.05, 3.63) is 30.1 Å². The van der Waals surface area contributed by atoms with Gasteiger partial charge in [0.05, 0.1) is 0 Å². The quantitative estimate of drug-likeness (QED) is 0.764. The first-order chi connectivity index (χ1) is 7.22. The third-order valence-electron chi connectivity index (χ3n) is 2.60. The highest BCUT2D eigenvalue weighted by molar-refractivity contribution is 5.09. The van der Waals surface area contributed by atoms with Crippen LogP contribution in [0.2, 0.25) is 0 Å². The Hall–Kier alpha value is -0.930. The summed E-state index contributed by atoms with van der Waals surface area (Å²) < 4.78 is 0. The molecule has 0 radical (unpaired) electrons. The van der Waals surface area contributed by atoms with Gasteiger partial charge in [-0.25, -0.2) is 0 Å². The van der Waals surface area contributed by atoms with Crippen molar-refractivity contribution in [1.29, 1.82) is 0 Å². The lowest BCUT2D eigenvalue weighted by molar-refractivity contribution is 0.311. The van der Waals surface area contributed by atoms with Gasteiger partial charge in [-0.05, 0) is 37.6 Å². The van der Waals surface area contributed by atoms with Crippen LogP contribution >= 0.6 is 0 Å². The Balaban J connectivity index is 2.25. The maximum atomic E-state index is 5.89. The molecule has 0 bridgehead atoms. The van der Waals surface area contributed by atoms with Crippen LogP contribution in [0.5, 0.6) is 0 Å². The number of rotatable bonds is 6. The molecule has 15 heavy (non-hydrogen) atoms. The van der Waals surface area contributed by atoms with Crippen LogP contribution in [0.25, 0.3) is 0 Å². The zero-order valence-corrected chi connectivity index (χ0v) is 9.69. The van der Waals surface area contributed by atoms with E-state index in [1.807, 2.05) is 12.4 Å². The third kappa shape index (κ3) is 4.91. The normalized spacial score (nSPS) is 13.1. The number of nitrogens with zero attached hydrogens (tertiary/aromatic N) is 2. The first-order valence-corrected chi connectivity index (χ1v) is 5.55. The highest BCUT2D eigenvalue weighted by Gasteiger charge is 2.04. The number of aromatic nitrogens is 1. The van der Waals surface area contributed by atoms with E-state index in [9.17, 15) is 0 Å². The second kappa shape index (κ2) is 6.53. The van der Waals surface area contributed by atoms with Crippen molar-refractivity contribution in [1.82, 2.24) is 9.88 Å². The molecular weight excluding hydrogens is 186 g/mol. The number of nitrogens with two attached hydrogens (primary N) is 1. The van der Waals surface area contributed by atoms with E-state index in [2.05, 4.69) is 36.0 Å². The van der Waals surface area contributed by atoms with Crippen molar-refractivity contribution in [3.63, 3.8) is 0 Å². The fraction of sp³-hybridized carbons (Fsp3) is 0.583. The van der Waals surface area contributed by atoms with Gasteiger partial charge in [-0.3, -0.25) is 4.98 Å². The SMILES string of the molecule is CCC(N)CN(C)CCc1ccncc1. The summed E-state index contributed by atoms with van der Waals surface area (Å²) in [6.45, 7) is 4.15. The van der Waals surface area contributed by atoms with Crippen LogP contribution in [0.1, 0.15) is 18.9 Å². The van der Waals surface area contributed by atoms with E-state index < -0.39 is 0 Å². The Morgan fingerprint density at radius 3 is 2.67 bits per heavy atom. The van der Waals surface area contributed by atoms with Crippen molar-refractivity contribution < 1.29 is 0 Å². The molecule has 1 aromatic rings. The average Bonchev–Trinajstić information content (AvgIpc) is 2.27. The molecule has 0 amide bonds. The Morgan fingerprint density at radius 2 is 2.07 bits per heavy atom. The molecule has 1 atom stereocenters. The van der Waals surface area contributed by atoms with Crippen molar-refractivity contribution in [2.24, 2.45) is 5.73 Å². The first kappa shape index (κ1) is 12.1. The van der Waals surface area contributed by atoms with Gasteiger partial charge in [0.1, 0.15) is 0 Å². The highest BCUT2D eigenvalue weighted by Crippen LogP contribution is 1.99. The van der Waals surface area contributed by atoms with Crippen LogP contribution in [0.3, 0.4) is 0 Å². The van der Waals surface area contributed by atoms with E-state index in [4.69, 9.17) is 5.73 Å². The number of likely N-dealkylation sites (N-methyl/N-ethyl adjacent to an activating group) is 1. The third-order valence-corrected chi connectivity index (χ3v) is 2.60. The van der Waals surface area contributed by atoms with Gasteiger partial charge in [0.2, 0.25) is 0 Å². The molecule has 84 valence electrons. The Bertz CT molecular complexity index is 261. The maximum absolute atomic E-state index is 5.89. The van der Waals surface area contributed by atoms with Gasteiger partial charge in [-0.2, -0.15) is 0 Å². The van der Waals surface area contributed by atoms with Crippen molar-refractivity contribution in [2.45, 2.75) is 25.8 Å². The van der Waals surface area contributed by atoms with Crippen molar-refractivity contribution in [2.75, 3.05) is 20.1 Å². The van der Waals surface area contributed by atoms with Crippen LogP contribution in [0, 0.1) is 0 Å². The summed E-state index contributed by atoms with van der Waals surface area (Å²) >= 11 is 0. The molecule has 3 nitrogen and oxygen atoms in total. The van der Waals surface area contributed by atoms with Crippen LogP contribution in [0.15, 0.2) is 24.5 Å². The van der Waals surface area contributed by atoms with Gasteiger partial charge < -0.3 is 10.6 Å². The Labute approximate surface area is 92.3 Å². The van der Waals surface area contributed by atoms with Gasteiger partial charge in [-0.1, -0.05) is 6.92 Å². The molecular formula is C12H21N3. The summed E-state index contributed by atoms with van der Waals surface area (Å²) in [5.41, 5.74) is 7.23. The average molecular weight is 207 g/mol. The van der Waals surface area contributed by atoms with Crippen LogP contribution in [-0.4, -0.2) is 36.1 Å². The molecule has 1 unspecified atom stereocenters. The lowest BCUT2D eigenvalue weighted by Crippen LogP contribution is -2.35. The van der Waals surface area contributed by atoms with Crippen LogP contribution in [-0.2, 0) is 6.42 Å². The largest absolute Gasteiger partial charge is 0.327 e. The predicted octanol–water partition coefficient (Wildman–Crippen LogP) is 1.29.